The number of benzene rings is 1. The van der Waals surface area contributed by atoms with E-state index in [9.17, 15) is 22.8 Å². The summed E-state index contributed by atoms with van der Waals surface area (Å²) < 4.78 is 47.1. The predicted molar refractivity (Wildman–Crippen MR) is 123 cm³/mol. The Hall–Kier alpha value is -3.12. The lowest BCUT2D eigenvalue weighted by molar-refractivity contribution is -0.137. The molecular formula is C24H28F3N5O4. The predicted octanol–water partition coefficient (Wildman–Crippen LogP) is 2.86. The molecule has 3 fully saturated rings. The normalized spacial score (nSPS) is 24.8. The molecule has 2 aromatic rings. The number of carboxylic acid groups (broad SMARTS) is 1. The van der Waals surface area contributed by atoms with Gasteiger partial charge in [-0.1, -0.05) is 6.07 Å². The number of carbonyl (C=O) groups excluding carboxylic acids is 1. The zero-order chi connectivity index (χ0) is 25.6. The zero-order valence-corrected chi connectivity index (χ0v) is 19.8. The molecule has 9 nitrogen and oxygen atoms in total. The van der Waals surface area contributed by atoms with Crippen molar-refractivity contribution in [3.05, 3.63) is 47.3 Å². The van der Waals surface area contributed by atoms with E-state index in [2.05, 4.69) is 14.9 Å². The van der Waals surface area contributed by atoms with Crippen LogP contribution in [0.5, 0.6) is 0 Å². The van der Waals surface area contributed by atoms with Gasteiger partial charge in [0.15, 0.2) is 5.69 Å². The maximum Gasteiger partial charge on any atom is 0.416 e. The summed E-state index contributed by atoms with van der Waals surface area (Å²) in [5.41, 5.74) is 0.581. The summed E-state index contributed by atoms with van der Waals surface area (Å²) in [5.74, 6) is -0.530. The molecule has 2 unspecified atom stereocenters. The van der Waals surface area contributed by atoms with Crippen LogP contribution in [-0.2, 0) is 17.5 Å². The largest absolute Gasteiger partial charge is 0.476 e. The monoisotopic (exact) mass is 507 g/mol. The van der Waals surface area contributed by atoms with Crippen molar-refractivity contribution in [2.24, 2.45) is 11.8 Å². The molecule has 4 heterocycles. The highest BCUT2D eigenvalue weighted by Crippen LogP contribution is 2.38. The summed E-state index contributed by atoms with van der Waals surface area (Å²) in [6, 6.07) is 4.65. The van der Waals surface area contributed by atoms with E-state index in [1.54, 1.807) is 11.0 Å². The van der Waals surface area contributed by atoms with Gasteiger partial charge in [-0.3, -0.25) is 4.90 Å². The van der Waals surface area contributed by atoms with Gasteiger partial charge in [0.25, 0.3) is 0 Å². The Bertz CT molecular complexity index is 1140. The first-order chi connectivity index (χ1) is 17.1. The summed E-state index contributed by atoms with van der Waals surface area (Å²) in [6.45, 7) is 6.46. The summed E-state index contributed by atoms with van der Waals surface area (Å²) >= 11 is 0. The Kier molecular flexibility index (Phi) is 6.41. The van der Waals surface area contributed by atoms with Crippen molar-refractivity contribution in [2.75, 3.05) is 50.8 Å². The number of ether oxygens (including phenoxy) is 1. The smallest absolute Gasteiger partial charge is 0.416 e. The fraction of sp³-hybridized carbons (Fsp3) is 0.542. The number of aromatic carboxylic acids is 1. The summed E-state index contributed by atoms with van der Waals surface area (Å²) in [7, 11) is 0. The fourth-order valence-electron chi connectivity index (χ4n) is 5.43. The van der Waals surface area contributed by atoms with E-state index in [0.717, 1.165) is 16.3 Å². The van der Waals surface area contributed by atoms with E-state index in [0.29, 0.717) is 70.0 Å². The molecule has 36 heavy (non-hydrogen) atoms. The van der Waals surface area contributed by atoms with Gasteiger partial charge in [-0.15, -0.1) is 0 Å². The average Bonchev–Trinajstić information content (AvgIpc) is 3.55. The number of rotatable bonds is 4. The number of piperazine rings is 1. The minimum Gasteiger partial charge on any atom is -0.476 e. The van der Waals surface area contributed by atoms with E-state index in [1.165, 1.54) is 18.3 Å². The van der Waals surface area contributed by atoms with Crippen LogP contribution in [-0.4, -0.2) is 88.7 Å². The second kappa shape index (κ2) is 9.40. The van der Waals surface area contributed by atoms with Gasteiger partial charge in [0.05, 0.1) is 18.8 Å². The molecule has 0 saturated carbocycles. The second-order valence-corrected chi connectivity index (χ2v) is 9.81. The number of halogens is 3. The number of alkyl halides is 3. The Labute approximate surface area is 206 Å². The van der Waals surface area contributed by atoms with Crippen molar-refractivity contribution in [2.45, 2.75) is 25.7 Å². The molecule has 5 rings (SSSR count). The molecule has 194 valence electrons. The van der Waals surface area contributed by atoms with E-state index in [1.807, 2.05) is 6.92 Å². The number of hydrogen-bond donors (Lipinski definition) is 1. The molecule has 3 aliphatic heterocycles. The number of nitrogens with zero attached hydrogens (tertiary/aromatic N) is 5. The van der Waals surface area contributed by atoms with Crippen LogP contribution in [0.1, 0.15) is 28.5 Å². The van der Waals surface area contributed by atoms with Gasteiger partial charge in [-0.25, -0.2) is 9.59 Å². The fourth-order valence-corrected chi connectivity index (χ4v) is 5.43. The molecule has 3 aliphatic rings. The number of hydrogen-bond acceptors (Lipinski definition) is 6. The number of amides is 1. The SMILES string of the molecule is C[C@H]1CN(Cc2ccc(C(F)(F)F)cc2N2CC3COCC3C2)CCN1C(=O)n1ccc(C(=O)O)n1. The summed E-state index contributed by atoms with van der Waals surface area (Å²) in [6.07, 6.45) is -3.09. The Morgan fingerprint density at radius 1 is 1.11 bits per heavy atom. The Balaban J connectivity index is 1.30. The van der Waals surface area contributed by atoms with E-state index < -0.39 is 23.7 Å². The third-order valence-corrected chi connectivity index (χ3v) is 7.35. The van der Waals surface area contributed by atoms with Crippen LogP contribution in [0.25, 0.3) is 0 Å². The van der Waals surface area contributed by atoms with Crippen LogP contribution < -0.4 is 4.90 Å². The van der Waals surface area contributed by atoms with Crippen molar-refractivity contribution in [1.29, 1.82) is 0 Å². The van der Waals surface area contributed by atoms with Crippen LogP contribution in [0, 0.1) is 11.8 Å². The number of fused-ring (bicyclic) bond motifs is 1. The summed E-state index contributed by atoms with van der Waals surface area (Å²) in [5, 5.41) is 12.9. The first-order valence-corrected chi connectivity index (χ1v) is 11.9. The molecule has 12 heteroatoms. The minimum atomic E-state index is -4.42. The number of carboxylic acids is 1. The van der Waals surface area contributed by atoms with Crippen LogP contribution in [0.15, 0.2) is 30.5 Å². The number of carbonyl (C=O) groups is 2. The standard InChI is InChI=1S/C24H28F3N5O4/c1-15-9-29(6-7-31(15)23(35)32-5-4-20(28-32)22(33)34)10-16-2-3-19(24(25,26)27)8-21(16)30-11-17-13-36-14-18(17)12-30/h2-5,8,15,17-18H,6-7,9-14H2,1H3,(H,33,34)/t15-,17?,18?/m0/s1. The summed E-state index contributed by atoms with van der Waals surface area (Å²) in [4.78, 5) is 29.7. The molecule has 1 amide bonds. The molecule has 0 radical (unpaired) electrons. The third-order valence-electron chi connectivity index (χ3n) is 7.35. The van der Waals surface area contributed by atoms with Gasteiger partial charge >= 0.3 is 18.2 Å². The lowest BCUT2D eigenvalue weighted by Crippen LogP contribution is -2.54. The van der Waals surface area contributed by atoms with E-state index in [-0.39, 0.29) is 11.7 Å². The van der Waals surface area contributed by atoms with Gasteiger partial charge in [0.1, 0.15) is 0 Å². The van der Waals surface area contributed by atoms with Gasteiger partial charge in [-0.05, 0) is 30.7 Å². The van der Waals surface area contributed by atoms with Gasteiger partial charge < -0.3 is 19.6 Å². The van der Waals surface area contributed by atoms with Crippen molar-refractivity contribution in [3.63, 3.8) is 0 Å². The number of anilines is 1. The lowest BCUT2D eigenvalue weighted by Gasteiger charge is -2.40. The topological polar surface area (TPSA) is 91.1 Å². The van der Waals surface area contributed by atoms with Crippen LogP contribution in [0.3, 0.4) is 0 Å². The number of aromatic nitrogens is 2. The quantitative estimate of drug-likeness (QED) is 0.681. The highest BCUT2D eigenvalue weighted by Gasteiger charge is 2.39. The average molecular weight is 508 g/mol. The van der Waals surface area contributed by atoms with Crippen molar-refractivity contribution >= 4 is 17.7 Å². The Morgan fingerprint density at radius 2 is 1.83 bits per heavy atom. The van der Waals surface area contributed by atoms with Crippen molar-refractivity contribution in [3.8, 4) is 0 Å². The molecule has 0 spiro atoms. The Morgan fingerprint density at radius 3 is 2.44 bits per heavy atom. The van der Waals surface area contributed by atoms with Crippen LogP contribution in [0.2, 0.25) is 0 Å². The third kappa shape index (κ3) is 4.79. The van der Waals surface area contributed by atoms with Gasteiger partial charge in [-0.2, -0.15) is 23.0 Å². The first kappa shape index (κ1) is 24.6. The molecule has 0 aliphatic carbocycles. The molecule has 0 bridgehead atoms. The van der Waals surface area contributed by atoms with Crippen molar-refractivity contribution in [1.82, 2.24) is 19.6 Å². The molecule has 3 saturated heterocycles. The maximum atomic E-state index is 13.5. The van der Waals surface area contributed by atoms with E-state index >= 15 is 0 Å². The van der Waals surface area contributed by atoms with Gasteiger partial charge in [0.2, 0.25) is 0 Å². The van der Waals surface area contributed by atoms with Crippen LogP contribution >= 0.6 is 0 Å². The molecule has 3 atom stereocenters. The first-order valence-electron chi connectivity index (χ1n) is 11.9. The zero-order valence-electron chi connectivity index (χ0n) is 19.8. The maximum absolute atomic E-state index is 13.5. The van der Waals surface area contributed by atoms with E-state index in [4.69, 9.17) is 9.84 Å². The highest BCUT2D eigenvalue weighted by molar-refractivity contribution is 5.86. The van der Waals surface area contributed by atoms with Crippen LogP contribution in [0.4, 0.5) is 23.7 Å². The molecular weight excluding hydrogens is 479 g/mol. The lowest BCUT2D eigenvalue weighted by atomic mass is 10.0. The van der Waals surface area contributed by atoms with Gasteiger partial charge in [0, 0.05) is 69.0 Å². The highest BCUT2D eigenvalue weighted by atomic mass is 19.4. The van der Waals surface area contributed by atoms with Crippen molar-refractivity contribution < 1.29 is 32.6 Å². The molecule has 1 aromatic heterocycles. The molecule has 1 N–H and O–H groups in total. The molecule has 1 aromatic carbocycles. The second-order valence-electron chi connectivity index (χ2n) is 9.81. The minimum absolute atomic E-state index is 0.190.